The second-order valence-electron chi connectivity index (χ2n) is 9.48. The van der Waals surface area contributed by atoms with Gasteiger partial charge in [0.05, 0.1) is 10.3 Å². The lowest BCUT2D eigenvalue weighted by atomic mass is 10.2. The van der Waals surface area contributed by atoms with E-state index >= 15 is 0 Å². The number of anilines is 1. The molecule has 1 amide bonds. The standard InChI is InChI=1S/C25H27N5O4S2/c1-25(2,3)34-24(31)29-13-11-28(12-14-29)22-21-19(20-10-7-15-35-20)16-30(23(21)27-17-26-22)36(32,33)18-8-5-4-6-9-18/h4-10,15-17H,11-14H2,1-3H3. The van der Waals surface area contributed by atoms with Crippen molar-refractivity contribution < 1.29 is 17.9 Å². The van der Waals surface area contributed by atoms with E-state index in [9.17, 15) is 13.2 Å². The third kappa shape index (κ3) is 4.56. The van der Waals surface area contributed by atoms with Crippen LogP contribution in [0.15, 0.2) is 65.3 Å². The largest absolute Gasteiger partial charge is 0.444 e. The van der Waals surface area contributed by atoms with Gasteiger partial charge < -0.3 is 14.5 Å². The molecule has 1 saturated heterocycles. The number of carbonyl (C=O) groups is 1. The second kappa shape index (κ2) is 9.21. The first-order valence-electron chi connectivity index (χ1n) is 11.6. The van der Waals surface area contributed by atoms with Crippen molar-refractivity contribution in [3.8, 4) is 10.4 Å². The molecular formula is C25H27N5O4S2. The number of piperazine rings is 1. The molecule has 188 valence electrons. The molecule has 4 heterocycles. The molecule has 1 aliphatic heterocycles. The first kappa shape index (κ1) is 24.3. The van der Waals surface area contributed by atoms with Crippen molar-refractivity contribution in [2.24, 2.45) is 0 Å². The van der Waals surface area contributed by atoms with Gasteiger partial charge in [0.15, 0.2) is 5.65 Å². The van der Waals surface area contributed by atoms with Crippen molar-refractivity contribution in [2.45, 2.75) is 31.3 Å². The number of amides is 1. The van der Waals surface area contributed by atoms with Crippen molar-refractivity contribution in [1.82, 2.24) is 18.8 Å². The first-order valence-corrected chi connectivity index (χ1v) is 13.9. The highest BCUT2D eigenvalue weighted by Crippen LogP contribution is 2.39. The van der Waals surface area contributed by atoms with E-state index in [4.69, 9.17) is 4.74 Å². The van der Waals surface area contributed by atoms with E-state index in [2.05, 4.69) is 14.9 Å². The molecule has 0 spiro atoms. The van der Waals surface area contributed by atoms with Gasteiger partial charge in [0.25, 0.3) is 10.0 Å². The van der Waals surface area contributed by atoms with Gasteiger partial charge in [0.2, 0.25) is 0 Å². The Morgan fingerprint density at radius 3 is 2.36 bits per heavy atom. The minimum atomic E-state index is -3.88. The molecule has 0 saturated carbocycles. The minimum Gasteiger partial charge on any atom is -0.444 e. The molecule has 9 nitrogen and oxygen atoms in total. The van der Waals surface area contributed by atoms with Gasteiger partial charge >= 0.3 is 6.09 Å². The van der Waals surface area contributed by atoms with Crippen molar-refractivity contribution in [3.63, 3.8) is 0 Å². The Labute approximate surface area is 214 Å². The summed E-state index contributed by atoms with van der Waals surface area (Å²) in [6.45, 7) is 7.55. The number of fused-ring (bicyclic) bond motifs is 1. The van der Waals surface area contributed by atoms with Crippen LogP contribution in [-0.2, 0) is 14.8 Å². The minimum absolute atomic E-state index is 0.186. The maximum atomic E-state index is 13.6. The SMILES string of the molecule is CC(C)(C)OC(=O)N1CCN(c2ncnc3c2c(-c2cccs2)cn3S(=O)(=O)c2ccccc2)CC1. The van der Waals surface area contributed by atoms with Gasteiger partial charge in [-0.25, -0.2) is 27.2 Å². The Bertz CT molecular complexity index is 1480. The Morgan fingerprint density at radius 2 is 1.72 bits per heavy atom. The molecule has 11 heteroatoms. The van der Waals surface area contributed by atoms with Gasteiger partial charge in [0.1, 0.15) is 17.7 Å². The quantitative estimate of drug-likeness (QED) is 0.388. The molecule has 4 aromatic rings. The molecule has 0 unspecified atom stereocenters. The average Bonchev–Trinajstić information content (AvgIpc) is 3.52. The summed E-state index contributed by atoms with van der Waals surface area (Å²) < 4.78 is 33.9. The van der Waals surface area contributed by atoms with Crippen molar-refractivity contribution in [3.05, 3.63) is 60.4 Å². The zero-order valence-electron chi connectivity index (χ0n) is 20.3. The molecule has 0 bridgehead atoms. The third-order valence-corrected chi connectivity index (χ3v) is 8.42. The van der Waals surface area contributed by atoms with Crippen LogP contribution in [0.1, 0.15) is 20.8 Å². The number of ether oxygens (including phenoxy) is 1. The molecule has 1 aliphatic rings. The van der Waals surface area contributed by atoms with Gasteiger partial charge in [-0.15, -0.1) is 11.3 Å². The molecule has 36 heavy (non-hydrogen) atoms. The normalized spacial score (nSPS) is 14.9. The fourth-order valence-corrected chi connectivity index (χ4v) is 6.27. The highest BCUT2D eigenvalue weighted by molar-refractivity contribution is 7.90. The van der Waals surface area contributed by atoms with E-state index < -0.39 is 15.6 Å². The maximum absolute atomic E-state index is 13.6. The molecule has 5 rings (SSSR count). The zero-order valence-corrected chi connectivity index (χ0v) is 21.9. The average molecular weight is 526 g/mol. The third-order valence-electron chi connectivity index (χ3n) is 5.85. The number of carbonyl (C=O) groups excluding carboxylic acids is 1. The highest BCUT2D eigenvalue weighted by atomic mass is 32.2. The van der Waals surface area contributed by atoms with Crippen molar-refractivity contribution in [1.29, 1.82) is 0 Å². The molecule has 1 aromatic carbocycles. The molecule has 3 aromatic heterocycles. The summed E-state index contributed by atoms with van der Waals surface area (Å²) in [5.74, 6) is 0.647. The van der Waals surface area contributed by atoms with Crippen molar-refractivity contribution in [2.75, 3.05) is 31.1 Å². The lowest BCUT2D eigenvalue weighted by Crippen LogP contribution is -2.50. The topological polar surface area (TPSA) is 97.6 Å². The molecule has 0 N–H and O–H groups in total. The highest BCUT2D eigenvalue weighted by Gasteiger charge is 2.30. The van der Waals surface area contributed by atoms with Gasteiger partial charge in [-0.1, -0.05) is 24.3 Å². The summed E-state index contributed by atoms with van der Waals surface area (Å²) in [5.41, 5.74) is 0.516. The zero-order chi connectivity index (χ0) is 25.5. The molecule has 0 aliphatic carbocycles. The van der Waals surface area contributed by atoms with E-state index in [0.29, 0.717) is 43.0 Å². The maximum Gasteiger partial charge on any atom is 0.410 e. The van der Waals surface area contributed by atoms with Gasteiger partial charge in [0, 0.05) is 42.8 Å². The number of aromatic nitrogens is 3. The predicted octanol–water partition coefficient (Wildman–Crippen LogP) is 4.45. The summed E-state index contributed by atoms with van der Waals surface area (Å²) in [7, 11) is -3.88. The van der Waals surface area contributed by atoms with Crippen LogP contribution in [0.5, 0.6) is 0 Å². The van der Waals surface area contributed by atoms with Crippen LogP contribution < -0.4 is 4.90 Å². The Kier molecular flexibility index (Phi) is 6.21. The Balaban J connectivity index is 1.55. The van der Waals surface area contributed by atoms with Crippen LogP contribution in [0.4, 0.5) is 10.6 Å². The van der Waals surface area contributed by atoms with Crippen LogP contribution in [0.25, 0.3) is 21.5 Å². The fraction of sp³-hybridized carbons (Fsp3) is 0.320. The predicted molar refractivity (Wildman–Crippen MR) is 140 cm³/mol. The number of thiophene rings is 1. The van der Waals surface area contributed by atoms with Crippen LogP contribution in [-0.4, -0.2) is 65.1 Å². The van der Waals surface area contributed by atoms with Crippen LogP contribution in [0.3, 0.4) is 0 Å². The van der Waals surface area contributed by atoms with Crippen LogP contribution >= 0.6 is 11.3 Å². The number of hydrogen-bond acceptors (Lipinski definition) is 8. The van der Waals surface area contributed by atoms with E-state index in [1.807, 2.05) is 38.3 Å². The number of hydrogen-bond donors (Lipinski definition) is 0. The Hall–Kier alpha value is -3.44. The molecule has 1 fully saturated rings. The summed E-state index contributed by atoms with van der Waals surface area (Å²) in [5, 5.41) is 2.62. The molecule has 0 radical (unpaired) electrons. The molecule has 0 atom stereocenters. The summed E-state index contributed by atoms with van der Waals surface area (Å²) >= 11 is 1.52. The fourth-order valence-electron chi connectivity index (χ4n) is 4.19. The smallest absolute Gasteiger partial charge is 0.410 e. The van der Waals surface area contributed by atoms with E-state index in [1.165, 1.54) is 21.6 Å². The van der Waals surface area contributed by atoms with Gasteiger partial charge in [-0.2, -0.15) is 0 Å². The Morgan fingerprint density at radius 1 is 1.00 bits per heavy atom. The number of rotatable bonds is 4. The lowest BCUT2D eigenvalue weighted by Gasteiger charge is -2.36. The monoisotopic (exact) mass is 525 g/mol. The summed E-state index contributed by atoms with van der Waals surface area (Å²) in [6.07, 6.45) is 2.69. The number of nitrogens with zero attached hydrogens (tertiary/aromatic N) is 5. The van der Waals surface area contributed by atoms with E-state index in [0.717, 1.165) is 10.4 Å². The van der Waals surface area contributed by atoms with Crippen LogP contribution in [0, 0.1) is 0 Å². The van der Waals surface area contributed by atoms with E-state index in [1.54, 1.807) is 41.4 Å². The van der Waals surface area contributed by atoms with E-state index in [-0.39, 0.29) is 11.0 Å². The first-order chi connectivity index (χ1) is 17.1. The number of benzene rings is 1. The van der Waals surface area contributed by atoms with Crippen LogP contribution in [0.2, 0.25) is 0 Å². The van der Waals surface area contributed by atoms with Crippen molar-refractivity contribution >= 4 is 44.3 Å². The summed E-state index contributed by atoms with van der Waals surface area (Å²) in [6, 6.07) is 12.2. The summed E-state index contributed by atoms with van der Waals surface area (Å²) in [4.78, 5) is 26.4. The lowest BCUT2D eigenvalue weighted by molar-refractivity contribution is 0.0240. The molecular weight excluding hydrogens is 498 g/mol. The van der Waals surface area contributed by atoms with Gasteiger partial charge in [-0.05, 0) is 44.4 Å². The second-order valence-corrected chi connectivity index (χ2v) is 12.2. The van der Waals surface area contributed by atoms with Gasteiger partial charge in [-0.3, -0.25) is 0 Å².